The zero-order valence-corrected chi connectivity index (χ0v) is 18.2. The van der Waals surface area contributed by atoms with Crippen molar-refractivity contribution in [3.8, 4) is 0 Å². The Bertz CT molecular complexity index is 763. The van der Waals surface area contributed by atoms with Gasteiger partial charge in [-0.25, -0.2) is 0 Å². The zero-order chi connectivity index (χ0) is 20.4. The third kappa shape index (κ3) is 8.75. The fourth-order valence-corrected chi connectivity index (χ4v) is 2.35. The Balaban J connectivity index is 0.00000420. The van der Waals surface area contributed by atoms with Gasteiger partial charge in [0.25, 0.3) is 5.91 Å². The van der Waals surface area contributed by atoms with Crippen molar-refractivity contribution < 1.29 is 22.4 Å². The van der Waals surface area contributed by atoms with E-state index in [2.05, 4.69) is 20.9 Å². The van der Waals surface area contributed by atoms with Gasteiger partial charge in [0, 0.05) is 26.2 Å². The van der Waals surface area contributed by atoms with Gasteiger partial charge in [-0.05, 0) is 43.2 Å². The number of nitrogens with one attached hydrogen (secondary N) is 3. The SMILES string of the molecule is CCNC(=NCCc1ccc(C(F)(F)F)cc1)NCCNC(=O)c1ccco1.I. The first-order valence-electron chi connectivity index (χ1n) is 8.90. The van der Waals surface area contributed by atoms with Crippen LogP contribution in [-0.4, -0.2) is 38.0 Å². The van der Waals surface area contributed by atoms with Crippen LogP contribution in [0.5, 0.6) is 0 Å². The number of hydrogen-bond acceptors (Lipinski definition) is 3. The number of benzene rings is 1. The zero-order valence-electron chi connectivity index (χ0n) is 15.9. The van der Waals surface area contributed by atoms with E-state index in [1.165, 1.54) is 18.4 Å². The van der Waals surface area contributed by atoms with Crippen LogP contribution in [0, 0.1) is 0 Å². The Morgan fingerprint density at radius 3 is 2.34 bits per heavy atom. The van der Waals surface area contributed by atoms with Crippen LogP contribution < -0.4 is 16.0 Å². The molecule has 1 aromatic carbocycles. The minimum absolute atomic E-state index is 0. The van der Waals surface area contributed by atoms with Crippen LogP contribution in [0.2, 0.25) is 0 Å². The number of halogens is 4. The maximum absolute atomic E-state index is 12.6. The van der Waals surface area contributed by atoms with Crippen LogP contribution in [-0.2, 0) is 12.6 Å². The molecule has 0 aliphatic carbocycles. The molecular weight excluding hydrogens is 500 g/mol. The second kappa shape index (κ2) is 12.3. The molecule has 160 valence electrons. The molecule has 0 saturated heterocycles. The molecule has 0 fully saturated rings. The van der Waals surface area contributed by atoms with Crippen LogP contribution in [0.4, 0.5) is 13.2 Å². The molecule has 0 unspecified atom stereocenters. The van der Waals surface area contributed by atoms with Crippen molar-refractivity contribution in [1.82, 2.24) is 16.0 Å². The summed E-state index contributed by atoms with van der Waals surface area (Å²) in [5.74, 6) is 0.523. The lowest BCUT2D eigenvalue weighted by Gasteiger charge is -2.12. The molecule has 2 rings (SSSR count). The van der Waals surface area contributed by atoms with Crippen molar-refractivity contribution in [2.75, 3.05) is 26.2 Å². The largest absolute Gasteiger partial charge is 0.459 e. The number of guanidine groups is 1. The van der Waals surface area contributed by atoms with Gasteiger partial charge in [-0.3, -0.25) is 9.79 Å². The van der Waals surface area contributed by atoms with Crippen LogP contribution in [0.3, 0.4) is 0 Å². The van der Waals surface area contributed by atoms with Crippen LogP contribution in [0.15, 0.2) is 52.1 Å². The van der Waals surface area contributed by atoms with E-state index in [1.807, 2.05) is 6.92 Å². The molecule has 0 saturated carbocycles. The summed E-state index contributed by atoms with van der Waals surface area (Å²) in [6, 6.07) is 8.29. The molecule has 0 aliphatic heterocycles. The van der Waals surface area contributed by atoms with Crippen molar-refractivity contribution in [3.63, 3.8) is 0 Å². The van der Waals surface area contributed by atoms with Crippen molar-refractivity contribution in [3.05, 3.63) is 59.5 Å². The number of alkyl halides is 3. The fourth-order valence-electron chi connectivity index (χ4n) is 2.35. The average molecular weight is 524 g/mol. The number of furan rings is 1. The molecule has 29 heavy (non-hydrogen) atoms. The highest BCUT2D eigenvalue weighted by Crippen LogP contribution is 2.29. The Labute approximate surface area is 184 Å². The van der Waals surface area contributed by atoms with Crippen molar-refractivity contribution >= 4 is 35.8 Å². The Hall–Kier alpha value is -2.24. The second-order valence-corrected chi connectivity index (χ2v) is 5.87. The quantitative estimate of drug-likeness (QED) is 0.214. The van der Waals surface area contributed by atoms with Gasteiger partial charge in [0.15, 0.2) is 11.7 Å². The number of rotatable bonds is 8. The Morgan fingerprint density at radius 2 is 1.76 bits per heavy atom. The summed E-state index contributed by atoms with van der Waals surface area (Å²) in [6.07, 6.45) is -2.38. The highest BCUT2D eigenvalue weighted by molar-refractivity contribution is 14.0. The Morgan fingerprint density at radius 1 is 1.07 bits per heavy atom. The molecule has 0 spiro atoms. The number of carbonyl (C=O) groups excluding carboxylic acids is 1. The molecule has 0 aliphatic rings. The second-order valence-electron chi connectivity index (χ2n) is 5.87. The average Bonchev–Trinajstić information content (AvgIpc) is 3.19. The minimum atomic E-state index is -4.33. The normalized spacial score (nSPS) is 11.5. The Kier molecular flexibility index (Phi) is 10.6. The molecular formula is C19H24F3IN4O2. The standard InChI is InChI=1S/C19H23F3N4O2.HI/c1-2-23-18(26-12-11-24-17(27)16-4-3-13-28-16)25-10-9-14-5-7-15(8-6-14)19(20,21)22;/h3-8,13H,2,9-12H2,1H3,(H,24,27)(H2,23,25,26);1H. The van der Waals surface area contributed by atoms with E-state index in [1.54, 1.807) is 12.1 Å². The predicted molar refractivity (Wildman–Crippen MR) is 116 cm³/mol. The fraction of sp³-hybridized carbons (Fsp3) is 0.368. The van der Waals surface area contributed by atoms with Gasteiger partial charge in [-0.2, -0.15) is 13.2 Å². The van der Waals surface area contributed by atoms with Crippen LogP contribution in [0.25, 0.3) is 0 Å². The van der Waals surface area contributed by atoms with E-state index >= 15 is 0 Å². The van der Waals surface area contributed by atoms with Gasteiger partial charge < -0.3 is 20.4 Å². The smallest absolute Gasteiger partial charge is 0.416 e. The van der Waals surface area contributed by atoms with Gasteiger partial charge in [0.2, 0.25) is 0 Å². The highest BCUT2D eigenvalue weighted by atomic mass is 127. The summed E-state index contributed by atoms with van der Waals surface area (Å²) in [4.78, 5) is 16.1. The first-order valence-corrected chi connectivity index (χ1v) is 8.90. The van der Waals surface area contributed by atoms with Crippen LogP contribution >= 0.6 is 24.0 Å². The molecule has 2 aromatic rings. The highest BCUT2D eigenvalue weighted by Gasteiger charge is 2.29. The van der Waals surface area contributed by atoms with E-state index in [0.29, 0.717) is 38.6 Å². The van der Waals surface area contributed by atoms with Crippen molar-refractivity contribution in [1.29, 1.82) is 0 Å². The minimum Gasteiger partial charge on any atom is -0.459 e. The van der Waals surface area contributed by atoms with Gasteiger partial charge in [-0.15, -0.1) is 24.0 Å². The van der Waals surface area contributed by atoms with Crippen molar-refractivity contribution in [2.24, 2.45) is 4.99 Å². The van der Waals surface area contributed by atoms with Crippen LogP contribution in [0.1, 0.15) is 28.6 Å². The number of nitrogens with zero attached hydrogens (tertiary/aromatic N) is 1. The first kappa shape index (κ1) is 24.8. The number of aliphatic imine (C=N–C) groups is 1. The lowest BCUT2D eigenvalue weighted by molar-refractivity contribution is -0.137. The predicted octanol–water partition coefficient (Wildman–Crippen LogP) is 3.44. The molecule has 1 heterocycles. The summed E-state index contributed by atoms with van der Waals surface area (Å²) in [5, 5.41) is 8.87. The molecule has 3 N–H and O–H groups in total. The number of amides is 1. The molecule has 0 radical (unpaired) electrons. The van der Waals surface area contributed by atoms with E-state index < -0.39 is 11.7 Å². The molecule has 1 amide bonds. The first-order chi connectivity index (χ1) is 13.4. The molecule has 0 atom stereocenters. The third-order valence-corrected chi connectivity index (χ3v) is 3.74. The van der Waals surface area contributed by atoms with Gasteiger partial charge in [-0.1, -0.05) is 12.1 Å². The van der Waals surface area contributed by atoms with E-state index in [0.717, 1.165) is 17.7 Å². The van der Waals surface area contributed by atoms with Gasteiger partial charge in [0.1, 0.15) is 0 Å². The lowest BCUT2D eigenvalue weighted by atomic mass is 10.1. The van der Waals surface area contributed by atoms with Crippen molar-refractivity contribution in [2.45, 2.75) is 19.5 Å². The lowest BCUT2D eigenvalue weighted by Crippen LogP contribution is -2.41. The van der Waals surface area contributed by atoms with E-state index in [4.69, 9.17) is 4.42 Å². The third-order valence-electron chi connectivity index (χ3n) is 3.74. The number of hydrogen-bond donors (Lipinski definition) is 3. The van der Waals surface area contributed by atoms with E-state index in [9.17, 15) is 18.0 Å². The summed E-state index contributed by atoms with van der Waals surface area (Å²) in [5.41, 5.74) is 0.115. The molecule has 6 nitrogen and oxygen atoms in total. The van der Waals surface area contributed by atoms with Gasteiger partial charge >= 0.3 is 6.18 Å². The van der Waals surface area contributed by atoms with E-state index in [-0.39, 0.29) is 35.6 Å². The molecule has 0 bridgehead atoms. The summed E-state index contributed by atoms with van der Waals surface area (Å²) < 4.78 is 42.7. The van der Waals surface area contributed by atoms with Gasteiger partial charge in [0.05, 0.1) is 11.8 Å². The molecule has 1 aromatic heterocycles. The topological polar surface area (TPSA) is 78.7 Å². The molecule has 10 heteroatoms. The maximum Gasteiger partial charge on any atom is 0.416 e. The number of carbonyl (C=O) groups is 1. The summed E-state index contributed by atoms with van der Waals surface area (Å²) in [6.45, 7) is 3.83. The summed E-state index contributed by atoms with van der Waals surface area (Å²) in [7, 11) is 0. The monoisotopic (exact) mass is 524 g/mol. The summed E-state index contributed by atoms with van der Waals surface area (Å²) >= 11 is 0. The maximum atomic E-state index is 12.6.